The minimum atomic E-state index is 0.406. The molecular weight excluding hydrogens is 562 g/mol. The molecule has 0 radical (unpaired) electrons. The van der Waals surface area contributed by atoms with Gasteiger partial charge < -0.3 is 14.0 Å². The van der Waals surface area contributed by atoms with Crippen LogP contribution in [0.4, 0.5) is 0 Å². The standard InChI is InChI=1S/C31H23BrClN3O2/c1-37-29-17-23(16-26(32)30(29)38-20-22-7-3-2-4-8-22)15-24(18-34)31-35-27-9-5-6-10-28(27)36(31)19-21-11-13-25(33)14-12-21/h2-17H,19-20H2,1H3/b24-15+. The largest absolute Gasteiger partial charge is 0.493 e. The van der Waals surface area contributed by atoms with E-state index in [-0.39, 0.29) is 0 Å². The number of aromatic nitrogens is 2. The number of hydrogen-bond donors (Lipinski definition) is 0. The zero-order valence-electron chi connectivity index (χ0n) is 20.6. The van der Waals surface area contributed by atoms with Crippen LogP contribution in [0, 0.1) is 11.3 Å². The van der Waals surface area contributed by atoms with E-state index in [1.165, 1.54) is 0 Å². The summed E-state index contributed by atoms with van der Waals surface area (Å²) >= 11 is 9.71. The third-order valence-corrected chi connectivity index (χ3v) is 6.90. The normalized spacial score (nSPS) is 11.4. The molecule has 0 spiro atoms. The Kier molecular flexibility index (Phi) is 7.78. The van der Waals surface area contributed by atoms with Crippen LogP contribution in [0.5, 0.6) is 11.5 Å². The third-order valence-electron chi connectivity index (χ3n) is 6.06. The van der Waals surface area contributed by atoms with E-state index in [4.69, 9.17) is 26.1 Å². The average Bonchev–Trinajstić information content (AvgIpc) is 3.30. The second-order valence-electron chi connectivity index (χ2n) is 8.61. The number of hydrogen-bond acceptors (Lipinski definition) is 4. The molecule has 0 amide bonds. The van der Waals surface area contributed by atoms with Crippen LogP contribution >= 0.6 is 27.5 Å². The Balaban J connectivity index is 1.52. The number of nitrogens with zero attached hydrogens (tertiary/aromatic N) is 3. The summed E-state index contributed by atoms with van der Waals surface area (Å²) in [7, 11) is 1.60. The molecule has 5 aromatic rings. The SMILES string of the molecule is COc1cc(/C=C(\C#N)c2nc3ccccc3n2Cc2ccc(Cl)cc2)cc(Br)c1OCc1ccccc1. The van der Waals surface area contributed by atoms with Crippen LogP contribution in [-0.4, -0.2) is 16.7 Å². The van der Waals surface area contributed by atoms with E-state index in [2.05, 4.69) is 26.6 Å². The van der Waals surface area contributed by atoms with E-state index in [9.17, 15) is 5.26 Å². The number of nitriles is 1. The van der Waals surface area contributed by atoms with Crippen molar-refractivity contribution in [1.29, 1.82) is 5.26 Å². The van der Waals surface area contributed by atoms with Crippen molar-refractivity contribution in [3.05, 3.63) is 123 Å². The summed E-state index contributed by atoms with van der Waals surface area (Å²) in [6.07, 6.45) is 1.81. The Morgan fingerprint density at radius 1 is 1.00 bits per heavy atom. The summed E-state index contributed by atoms with van der Waals surface area (Å²) in [6, 6.07) is 31.6. The summed E-state index contributed by atoms with van der Waals surface area (Å²) < 4.78 is 14.5. The van der Waals surface area contributed by atoms with Gasteiger partial charge in [-0.1, -0.05) is 66.2 Å². The molecular formula is C31H23BrClN3O2. The molecule has 5 rings (SSSR count). The van der Waals surface area contributed by atoms with Crippen LogP contribution in [0.2, 0.25) is 5.02 Å². The molecule has 0 N–H and O–H groups in total. The number of methoxy groups -OCH3 is 1. The predicted molar refractivity (Wildman–Crippen MR) is 155 cm³/mol. The van der Waals surface area contributed by atoms with Gasteiger partial charge in [0.05, 0.1) is 28.2 Å². The minimum absolute atomic E-state index is 0.406. The number of para-hydroxylation sites is 2. The van der Waals surface area contributed by atoms with Crippen molar-refractivity contribution in [3.8, 4) is 17.6 Å². The zero-order chi connectivity index (χ0) is 26.5. The van der Waals surface area contributed by atoms with Gasteiger partial charge in [-0.3, -0.25) is 0 Å². The molecule has 0 aliphatic rings. The molecule has 5 nitrogen and oxygen atoms in total. The quantitative estimate of drug-likeness (QED) is 0.173. The van der Waals surface area contributed by atoms with Crippen molar-refractivity contribution in [2.45, 2.75) is 13.2 Å². The maximum Gasteiger partial charge on any atom is 0.175 e. The molecule has 188 valence electrons. The number of allylic oxidation sites excluding steroid dienone is 1. The van der Waals surface area contributed by atoms with E-state index in [0.717, 1.165) is 32.2 Å². The van der Waals surface area contributed by atoms with Gasteiger partial charge in [-0.05, 0) is 75.1 Å². The number of rotatable bonds is 8. The van der Waals surface area contributed by atoms with Crippen molar-refractivity contribution >= 4 is 50.2 Å². The molecule has 0 aliphatic heterocycles. The first-order valence-corrected chi connectivity index (χ1v) is 13.1. The van der Waals surface area contributed by atoms with E-state index < -0.39 is 0 Å². The molecule has 0 unspecified atom stereocenters. The fourth-order valence-electron chi connectivity index (χ4n) is 4.22. The van der Waals surface area contributed by atoms with Gasteiger partial charge in [0, 0.05) is 11.6 Å². The molecule has 4 aromatic carbocycles. The van der Waals surface area contributed by atoms with Gasteiger partial charge in [-0.2, -0.15) is 5.26 Å². The van der Waals surface area contributed by atoms with Gasteiger partial charge in [0.15, 0.2) is 17.3 Å². The summed E-state index contributed by atoms with van der Waals surface area (Å²) in [5.74, 6) is 1.75. The molecule has 38 heavy (non-hydrogen) atoms. The highest BCUT2D eigenvalue weighted by Gasteiger charge is 2.17. The van der Waals surface area contributed by atoms with Gasteiger partial charge in [0.1, 0.15) is 12.7 Å². The number of fused-ring (bicyclic) bond motifs is 1. The van der Waals surface area contributed by atoms with Crippen molar-refractivity contribution in [1.82, 2.24) is 9.55 Å². The van der Waals surface area contributed by atoms with Crippen molar-refractivity contribution in [2.24, 2.45) is 0 Å². The maximum atomic E-state index is 10.2. The maximum absolute atomic E-state index is 10.2. The topological polar surface area (TPSA) is 60.1 Å². The van der Waals surface area contributed by atoms with Crippen LogP contribution in [-0.2, 0) is 13.2 Å². The van der Waals surface area contributed by atoms with Crippen LogP contribution < -0.4 is 9.47 Å². The number of ether oxygens (including phenoxy) is 2. The van der Waals surface area contributed by atoms with Crippen LogP contribution in [0.15, 0.2) is 95.5 Å². The Morgan fingerprint density at radius 2 is 1.74 bits per heavy atom. The monoisotopic (exact) mass is 583 g/mol. The first-order chi connectivity index (χ1) is 18.6. The van der Waals surface area contributed by atoms with E-state index in [1.54, 1.807) is 7.11 Å². The van der Waals surface area contributed by atoms with Gasteiger partial charge in [-0.25, -0.2) is 4.98 Å². The molecule has 1 aromatic heterocycles. The van der Waals surface area contributed by atoms with Gasteiger partial charge >= 0.3 is 0 Å². The highest BCUT2D eigenvalue weighted by atomic mass is 79.9. The van der Waals surface area contributed by atoms with Gasteiger partial charge in [0.2, 0.25) is 0 Å². The molecule has 1 heterocycles. The summed E-state index contributed by atoms with van der Waals surface area (Å²) in [5.41, 5.74) is 5.09. The van der Waals surface area contributed by atoms with Gasteiger partial charge in [-0.15, -0.1) is 0 Å². The number of halogens is 2. The number of benzene rings is 4. The van der Waals surface area contributed by atoms with E-state index >= 15 is 0 Å². The first-order valence-electron chi connectivity index (χ1n) is 11.9. The lowest BCUT2D eigenvalue weighted by Crippen LogP contribution is -2.04. The van der Waals surface area contributed by atoms with Crippen molar-refractivity contribution in [3.63, 3.8) is 0 Å². The van der Waals surface area contributed by atoms with Crippen LogP contribution in [0.25, 0.3) is 22.7 Å². The summed E-state index contributed by atoms with van der Waals surface area (Å²) in [6.45, 7) is 0.953. The van der Waals surface area contributed by atoms with E-state index in [1.807, 2.05) is 97.1 Å². The van der Waals surface area contributed by atoms with Crippen molar-refractivity contribution < 1.29 is 9.47 Å². The lowest BCUT2D eigenvalue weighted by Gasteiger charge is -2.14. The molecule has 7 heteroatoms. The lowest BCUT2D eigenvalue weighted by atomic mass is 10.1. The second-order valence-corrected chi connectivity index (χ2v) is 9.91. The molecule has 0 atom stereocenters. The molecule has 0 fully saturated rings. The Labute approximate surface area is 234 Å². The second kappa shape index (κ2) is 11.6. The molecule has 0 saturated heterocycles. The number of imidazole rings is 1. The Morgan fingerprint density at radius 3 is 2.47 bits per heavy atom. The fourth-order valence-corrected chi connectivity index (χ4v) is 4.92. The Bertz CT molecular complexity index is 1660. The average molecular weight is 585 g/mol. The van der Waals surface area contributed by atoms with Gasteiger partial charge in [0.25, 0.3) is 0 Å². The molecule has 0 saturated carbocycles. The lowest BCUT2D eigenvalue weighted by molar-refractivity contribution is 0.282. The summed E-state index contributed by atoms with van der Waals surface area (Å²) in [5, 5.41) is 10.9. The molecule has 0 aliphatic carbocycles. The summed E-state index contributed by atoms with van der Waals surface area (Å²) in [4.78, 5) is 4.82. The first kappa shape index (κ1) is 25.6. The smallest absolute Gasteiger partial charge is 0.175 e. The fraction of sp³-hybridized carbons (Fsp3) is 0.0968. The van der Waals surface area contributed by atoms with Crippen LogP contribution in [0.1, 0.15) is 22.5 Å². The van der Waals surface area contributed by atoms with Crippen molar-refractivity contribution in [2.75, 3.05) is 7.11 Å². The predicted octanol–water partition coefficient (Wildman–Crippen LogP) is 8.15. The zero-order valence-corrected chi connectivity index (χ0v) is 22.9. The molecule has 0 bridgehead atoms. The highest BCUT2D eigenvalue weighted by molar-refractivity contribution is 9.10. The third kappa shape index (κ3) is 5.60. The highest BCUT2D eigenvalue weighted by Crippen LogP contribution is 2.38. The minimum Gasteiger partial charge on any atom is -0.493 e. The van der Waals surface area contributed by atoms with Crippen LogP contribution in [0.3, 0.4) is 0 Å². The Hall–Kier alpha value is -4.05. The van der Waals surface area contributed by atoms with E-state index in [0.29, 0.717) is 41.1 Å².